The van der Waals surface area contributed by atoms with Crippen LogP contribution in [0.4, 0.5) is 10.1 Å². The molecule has 0 bridgehead atoms. The lowest BCUT2D eigenvalue weighted by molar-refractivity contribution is 0.278. The fourth-order valence-corrected chi connectivity index (χ4v) is 3.22. The van der Waals surface area contributed by atoms with Crippen molar-refractivity contribution in [2.45, 2.75) is 25.3 Å². The van der Waals surface area contributed by atoms with Crippen LogP contribution in [-0.4, -0.2) is 13.5 Å². The van der Waals surface area contributed by atoms with Crippen LogP contribution in [0.2, 0.25) is 0 Å². The highest BCUT2D eigenvalue weighted by molar-refractivity contribution is 7.92. The zero-order valence-electron chi connectivity index (χ0n) is 11.7. The average Bonchev–Trinajstić information content (AvgIpc) is 2.42. The Balaban J connectivity index is 2.42. The van der Waals surface area contributed by atoms with Crippen molar-refractivity contribution in [1.82, 2.24) is 0 Å². The van der Waals surface area contributed by atoms with E-state index in [1.54, 1.807) is 18.2 Å². The third kappa shape index (κ3) is 3.40. The van der Waals surface area contributed by atoms with E-state index in [0.717, 1.165) is 23.3 Å². The van der Waals surface area contributed by atoms with Gasteiger partial charge in [-0.2, -0.15) is 0 Å². The van der Waals surface area contributed by atoms with Gasteiger partial charge in [0, 0.05) is 5.69 Å². The molecule has 0 aliphatic rings. The Morgan fingerprint density at radius 1 is 1.10 bits per heavy atom. The molecule has 0 saturated heterocycles. The van der Waals surface area contributed by atoms with Crippen molar-refractivity contribution in [2.75, 3.05) is 4.72 Å². The zero-order chi connectivity index (χ0) is 15.6. The van der Waals surface area contributed by atoms with Crippen molar-refractivity contribution < 1.29 is 17.9 Å². The van der Waals surface area contributed by atoms with Gasteiger partial charge in [-0.25, -0.2) is 12.8 Å². The highest BCUT2D eigenvalue weighted by Gasteiger charge is 2.19. The van der Waals surface area contributed by atoms with E-state index in [1.165, 1.54) is 6.07 Å². The molecule has 0 saturated carbocycles. The summed E-state index contributed by atoms with van der Waals surface area (Å²) in [6.07, 6.45) is 0. The standard InChI is InChI=1S/C15H16FNO3S/c1-10-3-6-14(7-11(10)2)17-21(19,20)15-8-13(16)5-4-12(15)9-18/h3-8,17-18H,9H2,1-2H3. The van der Waals surface area contributed by atoms with E-state index in [0.29, 0.717) is 5.69 Å². The van der Waals surface area contributed by atoms with E-state index >= 15 is 0 Å². The minimum absolute atomic E-state index is 0.146. The summed E-state index contributed by atoms with van der Waals surface area (Å²) in [5, 5.41) is 9.20. The number of halogens is 1. The minimum atomic E-state index is -3.96. The lowest BCUT2D eigenvalue weighted by atomic mass is 10.1. The second-order valence-electron chi connectivity index (χ2n) is 4.81. The van der Waals surface area contributed by atoms with Gasteiger partial charge < -0.3 is 5.11 Å². The first-order chi connectivity index (χ1) is 9.83. The van der Waals surface area contributed by atoms with Crippen LogP contribution in [0.25, 0.3) is 0 Å². The maximum atomic E-state index is 13.3. The Morgan fingerprint density at radius 3 is 2.43 bits per heavy atom. The molecule has 0 spiro atoms. The maximum Gasteiger partial charge on any atom is 0.262 e. The molecule has 21 heavy (non-hydrogen) atoms. The number of anilines is 1. The number of sulfonamides is 1. The minimum Gasteiger partial charge on any atom is -0.392 e. The van der Waals surface area contributed by atoms with E-state index in [2.05, 4.69) is 4.72 Å². The van der Waals surface area contributed by atoms with Crippen molar-refractivity contribution in [3.63, 3.8) is 0 Å². The van der Waals surface area contributed by atoms with Crippen LogP contribution in [0.1, 0.15) is 16.7 Å². The number of hydrogen-bond donors (Lipinski definition) is 2. The van der Waals surface area contributed by atoms with E-state index in [-0.39, 0.29) is 10.5 Å². The largest absolute Gasteiger partial charge is 0.392 e. The predicted molar refractivity (Wildman–Crippen MR) is 79.0 cm³/mol. The van der Waals surface area contributed by atoms with Crippen LogP contribution < -0.4 is 4.72 Å². The Hall–Kier alpha value is -1.92. The molecule has 2 rings (SSSR count). The van der Waals surface area contributed by atoms with Crippen molar-refractivity contribution in [3.8, 4) is 0 Å². The molecule has 0 fully saturated rings. The first-order valence-corrected chi connectivity index (χ1v) is 7.81. The predicted octanol–water partition coefficient (Wildman–Crippen LogP) is 2.74. The molecule has 2 N–H and O–H groups in total. The van der Waals surface area contributed by atoms with Crippen LogP contribution in [0.15, 0.2) is 41.3 Å². The molecule has 0 atom stereocenters. The van der Waals surface area contributed by atoms with Crippen LogP contribution >= 0.6 is 0 Å². The van der Waals surface area contributed by atoms with Crippen LogP contribution in [0.5, 0.6) is 0 Å². The molecule has 0 heterocycles. The summed E-state index contributed by atoms with van der Waals surface area (Å²) >= 11 is 0. The lowest BCUT2D eigenvalue weighted by Gasteiger charge is -2.12. The number of aliphatic hydroxyl groups is 1. The quantitative estimate of drug-likeness (QED) is 0.912. The number of rotatable bonds is 4. The summed E-state index contributed by atoms with van der Waals surface area (Å²) in [6.45, 7) is 3.31. The molecule has 0 unspecified atom stereocenters. The van der Waals surface area contributed by atoms with E-state index in [9.17, 15) is 17.9 Å². The Kier molecular flexibility index (Phi) is 4.29. The SMILES string of the molecule is Cc1ccc(NS(=O)(=O)c2cc(F)ccc2CO)cc1C. The lowest BCUT2D eigenvalue weighted by Crippen LogP contribution is -2.15. The molecule has 2 aromatic rings. The average molecular weight is 309 g/mol. The van der Waals surface area contributed by atoms with Gasteiger partial charge in [-0.3, -0.25) is 4.72 Å². The molecule has 0 radical (unpaired) electrons. The van der Waals surface area contributed by atoms with Crippen molar-refractivity contribution in [3.05, 3.63) is 58.9 Å². The fourth-order valence-electron chi connectivity index (χ4n) is 1.92. The molecule has 2 aromatic carbocycles. The smallest absolute Gasteiger partial charge is 0.262 e. The van der Waals surface area contributed by atoms with Gasteiger partial charge >= 0.3 is 0 Å². The van der Waals surface area contributed by atoms with Crippen LogP contribution in [0.3, 0.4) is 0 Å². The van der Waals surface area contributed by atoms with Crippen LogP contribution in [0, 0.1) is 19.7 Å². The Labute approximate surface area is 123 Å². The van der Waals surface area contributed by atoms with Gasteiger partial charge in [0.1, 0.15) is 5.82 Å². The highest BCUT2D eigenvalue weighted by Crippen LogP contribution is 2.22. The first-order valence-electron chi connectivity index (χ1n) is 6.33. The van der Waals surface area contributed by atoms with Gasteiger partial charge in [0.05, 0.1) is 11.5 Å². The molecule has 0 aromatic heterocycles. The third-order valence-electron chi connectivity index (χ3n) is 3.25. The number of nitrogens with one attached hydrogen (secondary N) is 1. The van der Waals surface area contributed by atoms with Gasteiger partial charge in [0.2, 0.25) is 0 Å². The van der Waals surface area contributed by atoms with Crippen molar-refractivity contribution in [2.24, 2.45) is 0 Å². The summed E-state index contributed by atoms with van der Waals surface area (Å²) in [6, 6.07) is 8.40. The van der Waals surface area contributed by atoms with Crippen molar-refractivity contribution >= 4 is 15.7 Å². The second kappa shape index (κ2) is 5.83. The molecule has 4 nitrogen and oxygen atoms in total. The fraction of sp³-hybridized carbons (Fsp3) is 0.200. The number of aliphatic hydroxyl groups excluding tert-OH is 1. The number of hydrogen-bond acceptors (Lipinski definition) is 3. The third-order valence-corrected chi connectivity index (χ3v) is 4.71. The molecule has 0 aliphatic carbocycles. The Morgan fingerprint density at radius 2 is 1.81 bits per heavy atom. The first kappa shape index (κ1) is 15.5. The maximum absolute atomic E-state index is 13.3. The second-order valence-corrected chi connectivity index (χ2v) is 6.47. The summed E-state index contributed by atoms with van der Waals surface area (Å²) in [7, 11) is -3.96. The summed E-state index contributed by atoms with van der Waals surface area (Å²) in [5.41, 5.74) is 2.52. The van der Waals surface area contributed by atoms with Crippen LogP contribution in [-0.2, 0) is 16.6 Å². The summed E-state index contributed by atoms with van der Waals surface area (Å²) in [4.78, 5) is -0.261. The monoisotopic (exact) mass is 309 g/mol. The van der Waals surface area contributed by atoms with Gasteiger partial charge in [0.25, 0.3) is 10.0 Å². The van der Waals surface area contributed by atoms with E-state index < -0.39 is 22.4 Å². The Bertz CT molecular complexity index is 772. The number of benzene rings is 2. The zero-order valence-corrected chi connectivity index (χ0v) is 12.5. The molecule has 112 valence electrons. The summed E-state index contributed by atoms with van der Waals surface area (Å²) < 4.78 is 40.4. The van der Waals surface area contributed by atoms with Crippen molar-refractivity contribution in [1.29, 1.82) is 0 Å². The van der Waals surface area contributed by atoms with Gasteiger partial charge in [-0.05, 0) is 54.8 Å². The molecular formula is C15H16FNO3S. The van der Waals surface area contributed by atoms with Gasteiger partial charge in [-0.1, -0.05) is 12.1 Å². The van der Waals surface area contributed by atoms with E-state index in [1.807, 2.05) is 13.8 Å². The van der Waals surface area contributed by atoms with E-state index in [4.69, 9.17) is 0 Å². The van der Waals surface area contributed by atoms with Gasteiger partial charge in [0.15, 0.2) is 0 Å². The van der Waals surface area contributed by atoms with Gasteiger partial charge in [-0.15, -0.1) is 0 Å². The molecule has 0 aliphatic heterocycles. The summed E-state index contributed by atoms with van der Waals surface area (Å²) in [5.74, 6) is -0.673. The highest BCUT2D eigenvalue weighted by atomic mass is 32.2. The molecule has 6 heteroatoms. The molecule has 0 amide bonds. The topological polar surface area (TPSA) is 66.4 Å². The molecular weight excluding hydrogens is 293 g/mol. The normalized spacial score (nSPS) is 11.4. The number of aryl methyl sites for hydroxylation is 2.